The number of unbranched alkanes of at least 4 members (excludes halogenated alkanes) is 1. The molecule has 2 aromatic carbocycles. The van der Waals surface area contributed by atoms with E-state index >= 15 is 0 Å². The number of hydrogen-bond donors (Lipinski definition) is 2. The van der Waals surface area contributed by atoms with Gasteiger partial charge >= 0.3 is 0 Å². The summed E-state index contributed by atoms with van der Waals surface area (Å²) in [7, 11) is 0. The third-order valence-corrected chi connectivity index (χ3v) is 5.84. The van der Waals surface area contributed by atoms with Gasteiger partial charge in [0.2, 0.25) is 0 Å². The van der Waals surface area contributed by atoms with Crippen molar-refractivity contribution in [2.24, 2.45) is 0 Å². The highest BCUT2D eigenvalue weighted by Crippen LogP contribution is 2.36. The molecule has 1 amide bonds. The minimum Gasteiger partial charge on any atom is -0.381 e. The molecule has 3 aromatic rings. The number of ether oxygens (including phenoxy) is 1. The molecule has 0 spiro atoms. The molecule has 0 saturated heterocycles. The Morgan fingerprint density at radius 3 is 2.71 bits per heavy atom. The predicted molar refractivity (Wildman–Crippen MR) is 124 cm³/mol. The molecular weight excluding hydrogens is 386 g/mol. The number of nitrogens with one attached hydrogen (secondary N) is 2. The van der Waals surface area contributed by atoms with Gasteiger partial charge in [-0.15, -0.1) is 0 Å². The lowest BCUT2D eigenvalue weighted by molar-refractivity contribution is 0.0940. The number of aryl methyl sites for hydroxylation is 1. The standard InChI is InChI=1S/C26H31N3O2/c1-2-3-17-31-18-7-16-27-26(30)21-14-12-20(13-15-21)24-23-11-6-9-19-8-4-5-10-22(19)25(23)29-28-24/h4-5,8,10,12-15H,2-3,6-7,9,11,16-18H2,1H3,(H,27,30)(H,28,29). The van der Waals surface area contributed by atoms with Crippen molar-refractivity contribution in [1.29, 1.82) is 0 Å². The summed E-state index contributed by atoms with van der Waals surface area (Å²) in [5, 5.41) is 10.9. The third-order valence-electron chi connectivity index (χ3n) is 5.84. The molecule has 4 rings (SSSR count). The predicted octanol–water partition coefficient (Wildman–Crippen LogP) is 5.17. The van der Waals surface area contributed by atoms with E-state index in [0.29, 0.717) is 18.7 Å². The molecule has 1 aromatic heterocycles. The summed E-state index contributed by atoms with van der Waals surface area (Å²) in [4.78, 5) is 12.4. The molecular formula is C26H31N3O2. The molecule has 162 valence electrons. The topological polar surface area (TPSA) is 67.0 Å². The van der Waals surface area contributed by atoms with Crippen LogP contribution in [0.25, 0.3) is 22.5 Å². The monoisotopic (exact) mass is 417 g/mol. The maximum Gasteiger partial charge on any atom is 0.251 e. The van der Waals surface area contributed by atoms with Crippen molar-refractivity contribution in [3.63, 3.8) is 0 Å². The van der Waals surface area contributed by atoms with Crippen LogP contribution < -0.4 is 5.32 Å². The van der Waals surface area contributed by atoms with Crippen LogP contribution in [0.5, 0.6) is 0 Å². The number of benzene rings is 2. The van der Waals surface area contributed by atoms with Crippen LogP contribution in [-0.2, 0) is 17.6 Å². The second kappa shape index (κ2) is 10.4. The fourth-order valence-corrected chi connectivity index (χ4v) is 4.11. The van der Waals surface area contributed by atoms with E-state index < -0.39 is 0 Å². The van der Waals surface area contributed by atoms with Gasteiger partial charge in [0.05, 0.1) is 11.4 Å². The van der Waals surface area contributed by atoms with Gasteiger partial charge in [-0.2, -0.15) is 5.10 Å². The zero-order valence-electron chi connectivity index (χ0n) is 18.2. The summed E-state index contributed by atoms with van der Waals surface area (Å²) in [6, 6.07) is 16.3. The Morgan fingerprint density at radius 1 is 1.06 bits per heavy atom. The van der Waals surface area contributed by atoms with E-state index in [1.165, 1.54) is 16.7 Å². The maximum atomic E-state index is 12.4. The van der Waals surface area contributed by atoms with Gasteiger partial charge in [0, 0.05) is 42.0 Å². The number of H-pyrrole nitrogens is 1. The average Bonchev–Trinajstić information content (AvgIpc) is 3.13. The number of aromatic amines is 1. The maximum absolute atomic E-state index is 12.4. The highest BCUT2D eigenvalue weighted by molar-refractivity contribution is 5.94. The van der Waals surface area contributed by atoms with E-state index in [2.05, 4.69) is 46.7 Å². The van der Waals surface area contributed by atoms with Gasteiger partial charge in [0.15, 0.2) is 0 Å². The second-order valence-electron chi connectivity index (χ2n) is 8.09. The minimum atomic E-state index is -0.0464. The van der Waals surface area contributed by atoms with E-state index in [4.69, 9.17) is 4.74 Å². The molecule has 1 aliphatic rings. The van der Waals surface area contributed by atoms with E-state index in [0.717, 1.165) is 62.1 Å². The summed E-state index contributed by atoms with van der Waals surface area (Å²) in [6.07, 6.45) is 6.25. The highest BCUT2D eigenvalue weighted by Gasteiger charge is 2.21. The molecule has 2 N–H and O–H groups in total. The molecule has 0 aliphatic heterocycles. The summed E-state index contributed by atoms with van der Waals surface area (Å²) < 4.78 is 5.53. The first-order chi connectivity index (χ1) is 15.3. The summed E-state index contributed by atoms with van der Waals surface area (Å²) in [5.41, 5.74) is 7.72. The van der Waals surface area contributed by atoms with Gasteiger partial charge in [-0.3, -0.25) is 9.89 Å². The van der Waals surface area contributed by atoms with Gasteiger partial charge in [0.25, 0.3) is 5.91 Å². The van der Waals surface area contributed by atoms with E-state index in [1.54, 1.807) is 0 Å². The zero-order chi connectivity index (χ0) is 21.5. The number of hydrogen-bond acceptors (Lipinski definition) is 3. The third kappa shape index (κ3) is 5.05. The SMILES string of the molecule is CCCCOCCCNC(=O)c1ccc(-c2n[nH]c3c2CCCc2ccccc2-3)cc1. The van der Waals surface area contributed by atoms with Crippen LogP contribution in [0.4, 0.5) is 0 Å². The van der Waals surface area contributed by atoms with E-state index in [9.17, 15) is 4.79 Å². The van der Waals surface area contributed by atoms with Crippen LogP contribution >= 0.6 is 0 Å². The Balaban J connectivity index is 1.39. The van der Waals surface area contributed by atoms with Crippen molar-refractivity contribution < 1.29 is 9.53 Å². The van der Waals surface area contributed by atoms with E-state index in [-0.39, 0.29) is 5.91 Å². The Kier molecular flexibility index (Phi) is 7.15. The van der Waals surface area contributed by atoms with Gasteiger partial charge in [-0.05, 0) is 49.8 Å². The van der Waals surface area contributed by atoms with Crippen molar-refractivity contribution in [1.82, 2.24) is 15.5 Å². The van der Waals surface area contributed by atoms with Crippen LogP contribution in [0.1, 0.15) is 54.1 Å². The number of rotatable bonds is 9. The Morgan fingerprint density at radius 2 is 1.87 bits per heavy atom. The minimum absolute atomic E-state index is 0.0464. The average molecular weight is 418 g/mol. The lowest BCUT2D eigenvalue weighted by Gasteiger charge is -2.07. The highest BCUT2D eigenvalue weighted by atomic mass is 16.5. The van der Waals surface area contributed by atoms with Crippen molar-refractivity contribution >= 4 is 5.91 Å². The lowest BCUT2D eigenvalue weighted by atomic mass is 9.99. The smallest absolute Gasteiger partial charge is 0.251 e. The molecule has 0 radical (unpaired) electrons. The number of aromatic nitrogens is 2. The van der Waals surface area contributed by atoms with Crippen LogP contribution in [0.15, 0.2) is 48.5 Å². The Bertz CT molecular complexity index is 1010. The van der Waals surface area contributed by atoms with Crippen LogP contribution in [0, 0.1) is 0 Å². The van der Waals surface area contributed by atoms with Crippen LogP contribution in [0.3, 0.4) is 0 Å². The molecule has 5 nitrogen and oxygen atoms in total. The molecule has 5 heteroatoms. The Labute approximate surface area is 184 Å². The number of nitrogens with zero attached hydrogens (tertiary/aromatic N) is 1. The van der Waals surface area contributed by atoms with Crippen LogP contribution in [0.2, 0.25) is 0 Å². The second-order valence-corrected chi connectivity index (χ2v) is 8.09. The molecule has 0 atom stereocenters. The van der Waals surface area contributed by atoms with Gasteiger partial charge in [0.1, 0.15) is 0 Å². The molecule has 0 bridgehead atoms. The first kappa shape index (κ1) is 21.3. The van der Waals surface area contributed by atoms with Gasteiger partial charge in [-0.1, -0.05) is 49.7 Å². The van der Waals surface area contributed by atoms with Crippen molar-refractivity contribution in [3.8, 4) is 22.5 Å². The molecule has 0 fully saturated rings. The summed E-state index contributed by atoms with van der Waals surface area (Å²) >= 11 is 0. The van der Waals surface area contributed by atoms with Crippen LogP contribution in [-0.4, -0.2) is 35.9 Å². The fraction of sp³-hybridized carbons (Fsp3) is 0.385. The molecule has 0 unspecified atom stereocenters. The number of fused-ring (bicyclic) bond motifs is 3. The summed E-state index contributed by atoms with van der Waals surface area (Å²) in [6.45, 7) is 4.26. The molecule has 31 heavy (non-hydrogen) atoms. The molecule has 1 heterocycles. The number of amides is 1. The normalized spacial score (nSPS) is 12.7. The molecule has 0 saturated carbocycles. The zero-order valence-corrected chi connectivity index (χ0v) is 18.2. The first-order valence-corrected chi connectivity index (χ1v) is 11.4. The number of carbonyl (C=O) groups is 1. The number of carbonyl (C=O) groups excluding carboxylic acids is 1. The summed E-state index contributed by atoms with van der Waals surface area (Å²) in [5.74, 6) is -0.0464. The first-order valence-electron chi connectivity index (χ1n) is 11.4. The van der Waals surface area contributed by atoms with Crippen molar-refractivity contribution in [2.45, 2.75) is 45.4 Å². The quantitative estimate of drug-likeness (QED) is 0.472. The van der Waals surface area contributed by atoms with E-state index in [1.807, 2.05) is 24.3 Å². The van der Waals surface area contributed by atoms with Crippen molar-refractivity contribution in [2.75, 3.05) is 19.8 Å². The largest absolute Gasteiger partial charge is 0.381 e. The fourth-order valence-electron chi connectivity index (χ4n) is 4.11. The van der Waals surface area contributed by atoms with Crippen molar-refractivity contribution in [3.05, 3.63) is 65.2 Å². The lowest BCUT2D eigenvalue weighted by Crippen LogP contribution is -2.25. The Hall–Kier alpha value is -2.92. The van der Waals surface area contributed by atoms with Gasteiger partial charge < -0.3 is 10.1 Å². The molecule has 1 aliphatic carbocycles. The van der Waals surface area contributed by atoms with Gasteiger partial charge in [-0.25, -0.2) is 0 Å².